The lowest BCUT2D eigenvalue weighted by Crippen LogP contribution is -2.16. The zero-order chi connectivity index (χ0) is 27.6. The molecular formula is C29H22F2N6O2. The van der Waals surface area contributed by atoms with Crippen molar-refractivity contribution in [2.45, 2.75) is 25.7 Å². The molecule has 4 aromatic heterocycles. The fourth-order valence-corrected chi connectivity index (χ4v) is 4.31. The predicted molar refractivity (Wildman–Crippen MR) is 141 cm³/mol. The number of anilines is 1. The van der Waals surface area contributed by atoms with Gasteiger partial charge >= 0.3 is 0 Å². The summed E-state index contributed by atoms with van der Waals surface area (Å²) >= 11 is 0. The molecule has 0 aromatic carbocycles. The molecule has 194 valence electrons. The Kier molecular flexibility index (Phi) is 6.81. The first-order chi connectivity index (χ1) is 18.7. The first-order valence-corrected chi connectivity index (χ1v) is 12.0. The largest absolute Gasteiger partial charge is 0.481 e. The highest BCUT2D eigenvalue weighted by Gasteiger charge is 2.30. The van der Waals surface area contributed by atoms with Crippen molar-refractivity contribution in [1.29, 1.82) is 5.26 Å². The molecule has 1 amide bonds. The van der Waals surface area contributed by atoms with Crippen LogP contribution in [0.1, 0.15) is 40.6 Å². The average Bonchev–Trinajstić information content (AvgIpc) is 3.36. The first kappa shape index (κ1) is 25.6. The second-order valence-corrected chi connectivity index (χ2v) is 9.09. The Hall–Kier alpha value is -5.04. The van der Waals surface area contributed by atoms with Gasteiger partial charge in [-0.15, -0.1) is 0 Å². The van der Waals surface area contributed by atoms with E-state index >= 15 is 0 Å². The number of rotatable bonds is 7. The smallest absolute Gasteiger partial charge is 0.275 e. The number of amides is 1. The summed E-state index contributed by atoms with van der Waals surface area (Å²) in [5.41, 5.74) is 6.19. The van der Waals surface area contributed by atoms with Gasteiger partial charge in [-0.25, -0.2) is 18.7 Å². The van der Waals surface area contributed by atoms with Crippen molar-refractivity contribution in [2.24, 2.45) is 0 Å². The number of pyridine rings is 4. The Morgan fingerprint density at radius 2 is 1.92 bits per heavy atom. The van der Waals surface area contributed by atoms with E-state index in [1.54, 1.807) is 36.8 Å². The minimum absolute atomic E-state index is 0.00230. The van der Waals surface area contributed by atoms with Crippen molar-refractivity contribution in [3.8, 4) is 23.2 Å². The maximum atomic E-state index is 13.9. The Labute approximate surface area is 223 Å². The van der Waals surface area contributed by atoms with Crippen LogP contribution >= 0.6 is 0 Å². The van der Waals surface area contributed by atoms with Crippen LogP contribution in [0, 0.1) is 11.3 Å². The zero-order valence-corrected chi connectivity index (χ0v) is 21.1. The Balaban J connectivity index is 1.27. The highest BCUT2D eigenvalue weighted by atomic mass is 19.3. The highest BCUT2D eigenvalue weighted by molar-refractivity contribution is 5.92. The van der Waals surface area contributed by atoms with E-state index in [-0.39, 0.29) is 18.0 Å². The van der Waals surface area contributed by atoms with Gasteiger partial charge in [0, 0.05) is 37.5 Å². The summed E-state index contributed by atoms with van der Waals surface area (Å²) in [4.78, 5) is 29.5. The predicted octanol–water partition coefficient (Wildman–Crippen LogP) is 5.20. The minimum atomic E-state index is -3.18. The highest BCUT2D eigenvalue weighted by Crippen LogP contribution is 2.35. The quantitative estimate of drug-likeness (QED) is 0.353. The van der Waals surface area contributed by atoms with Gasteiger partial charge in [0.15, 0.2) is 0 Å². The molecule has 1 aliphatic rings. The van der Waals surface area contributed by atoms with E-state index in [9.17, 15) is 13.6 Å². The first-order valence-electron chi connectivity index (χ1n) is 12.0. The lowest BCUT2D eigenvalue weighted by atomic mass is 10.1. The third-order valence-corrected chi connectivity index (χ3v) is 6.22. The average molecular weight is 525 g/mol. The standard InChI is InChI=1S/C29H22F2N6O2/c1-29(30,31)24-12-23(16-36-28(24)39-2)37-27(38)7-17-3-4-25(34-14-17)21-9-20-8-19(11-26(20)35-15-21)18-5-6-33-22(10-18)13-32/h3-6,8-10,12,14-16H,7,11H2,1-2H3,(H,37,38). The van der Waals surface area contributed by atoms with Crippen molar-refractivity contribution >= 4 is 23.2 Å². The molecule has 0 fully saturated rings. The summed E-state index contributed by atoms with van der Waals surface area (Å²) < 4.78 is 32.7. The summed E-state index contributed by atoms with van der Waals surface area (Å²) in [6.07, 6.45) is 8.96. The van der Waals surface area contributed by atoms with Gasteiger partial charge in [0.2, 0.25) is 11.8 Å². The number of nitrogens with zero attached hydrogens (tertiary/aromatic N) is 5. The molecule has 1 N–H and O–H groups in total. The fraction of sp³-hybridized carbons (Fsp3) is 0.172. The number of hydrogen-bond acceptors (Lipinski definition) is 7. The van der Waals surface area contributed by atoms with Gasteiger partial charge < -0.3 is 10.1 Å². The van der Waals surface area contributed by atoms with Crippen LogP contribution in [0.5, 0.6) is 5.88 Å². The van der Waals surface area contributed by atoms with E-state index in [1.807, 2.05) is 12.1 Å². The number of hydrogen-bond donors (Lipinski definition) is 1. The zero-order valence-electron chi connectivity index (χ0n) is 21.1. The number of nitrogens with one attached hydrogen (secondary N) is 1. The summed E-state index contributed by atoms with van der Waals surface area (Å²) in [5.74, 6) is -3.77. The van der Waals surface area contributed by atoms with Crippen LogP contribution in [-0.2, 0) is 23.6 Å². The lowest BCUT2D eigenvalue weighted by molar-refractivity contribution is -0.115. The molecule has 0 saturated carbocycles. The molecule has 4 heterocycles. The van der Waals surface area contributed by atoms with Crippen LogP contribution < -0.4 is 10.1 Å². The van der Waals surface area contributed by atoms with E-state index in [0.717, 1.165) is 40.9 Å². The SMILES string of the molecule is COc1ncc(NC(=O)Cc2ccc(-c3cnc4c(c3)C=C(c3ccnc(C#N)c3)C4)nc2)cc1C(C)(F)F. The topological polar surface area (TPSA) is 114 Å². The number of allylic oxidation sites excluding steroid dienone is 1. The molecule has 39 heavy (non-hydrogen) atoms. The normalized spacial score (nSPS) is 12.3. The Morgan fingerprint density at radius 3 is 2.64 bits per heavy atom. The third-order valence-electron chi connectivity index (χ3n) is 6.22. The lowest BCUT2D eigenvalue weighted by Gasteiger charge is -2.15. The van der Waals surface area contributed by atoms with E-state index < -0.39 is 17.4 Å². The summed E-state index contributed by atoms with van der Waals surface area (Å²) in [7, 11) is 1.26. The number of halogens is 2. The molecular weight excluding hydrogens is 502 g/mol. The number of nitriles is 1. The van der Waals surface area contributed by atoms with Gasteiger partial charge in [-0.3, -0.25) is 14.8 Å². The van der Waals surface area contributed by atoms with Crippen LogP contribution in [0.4, 0.5) is 14.5 Å². The fourth-order valence-electron chi connectivity index (χ4n) is 4.31. The molecule has 0 atom stereocenters. The van der Waals surface area contributed by atoms with Crippen molar-refractivity contribution in [1.82, 2.24) is 19.9 Å². The van der Waals surface area contributed by atoms with Gasteiger partial charge in [-0.2, -0.15) is 5.26 Å². The second-order valence-electron chi connectivity index (χ2n) is 9.09. The maximum absolute atomic E-state index is 13.9. The van der Waals surface area contributed by atoms with Gasteiger partial charge in [0.05, 0.1) is 42.4 Å². The number of ether oxygens (including phenoxy) is 1. The second kappa shape index (κ2) is 10.4. The third kappa shape index (κ3) is 5.62. The monoisotopic (exact) mass is 524 g/mol. The molecule has 0 unspecified atom stereocenters. The number of alkyl halides is 2. The molecule has 8 nitrogen and oxygen atoms in total. The number of methoxy groups -OCH3 is 1. The summed E-state index contributed by atoms with van der Waals surface area (Å²) in [6.45, 7) is 0.740. The molecule has 0 spiro atoms. The van der Waals surface area contributed by atoms with Crippen LogP contribution in [0.3, 0.4) is 0 Å². The molecule has 5 rings (SSSR count). The molecule has 0 aliphatic heterocycles. The van der Waals surface area contributed by atoms with Gasteiger partial charge in [0.25, 0.3) is 5.92 Å². The van der Waals surface area contributed by atoms with Crippen molar-refractivity contribution < 1.29 is 18.3 Å². The summed E-state index contributed by atoms with van der Waals surface area (Å²) in [6, 6.07) is 12.5. The van der Waals surface area contributed by atoms with E-state index in [1.165, 1.54) is 13.3 Å². The Bertz CT molecular complexity index is 1640. The maximum Gasteiger partial charge on any atom is 0.275 e. The van der Waals surface area contributed by atoms with Gasteiger partial charge in [-0.05, 0) is 58.7 Å². The molecule has 10 heteroatoms. The van der Waals surface area contributed by atoms with Crippen molar-refractivity contribution in [2.75, 3.05) is 12.4 Å². The summed E-state index contributed by atoms with van der Waals surface area (Å²) in [5, 5.41) is 11.7. The van der Waals surface area contributed by atoms with Crippen LogP contribution in [0.2, 0.25) is 0 Å². The van der Waals surface area contributed by atoms with Gasteiger partial charge in [0.1, 0.15) is 11.8 Å². The van der Waals surface area contributed by atoms with Gasteiger partial charge in [-0.1, -0.05) is 6.07 Å². The van der Waals surface area contributed by atoms with Crippen molar-refractivity contribution in [3.63, 3.8) is 0 Å². The Morgan fingerprint density at radius 1 is 1.08 bits per heavy atom. The number of carbonyl (C=O) groups is 1. The van der Waals surface area contributed by atoms with Crippen LogP contribution in [0.25, 0.3) is 22.9 Å². The molecule has 4 aromatic rings. The van der Waals surface area contributed by atoms with Crippen molar-refractivity contribution in [3.05, 3.63) is 94.8 Å². The minimum Gasteiger partial charge on any atom is -0.481 e. The number of carbonyl (C=O) groups excluding carboxylic acids is 1. The van der Waals surface area contributed by atoms with E-state index in [4.69, 9.17) is 10.00 Å². The molecule has 0 saturated heterocycles. The van der Waals surface area contributed by atoms with E-state index in [0.29, 0.717) is 23.4 Å². The molecule has 0 radical (unpaired) electrons. The molecule has 1 aliphatic carbocycles. The van der Waals surface area contributed by atoms with Crippen LogP contribution in [0.15, 0.2) is 61.2 Å². The van der Waals surface area contributed by atoms with Crippen LogP contribution in [-0.4, -0.2) is 33.0 Å². The molecule has 0 bridgehead atoms. The van der Waals surface area contributed by atoms with E-state index in [2.05, 4.69) is 37.4 Å². The number of fused-ring (bicyclic) bond motifs is 1. The number of aromatic nitrogens is 4.